The van der Waals surface area contributed by atoms with Gasteiger partial charge < -0.3 is 4.74 Å². The molecule has 0 spiro atoms. The Morgan fingerprint density at radius 1 is 1.15 bits per heavy atom. The van der Waals surface area contributed by atoms with E-state index in [-0.39, 0.29) is 30.0 Å². The maximum atomic E-state index is 12.4. The number of hydrogen-bond donors (Lipinski definition) is 0. The minimum absolute atomic E-state index is 0.0213. The average Bonchev–Trinajstić information content (AvgIpc) is 2.45. The van der Waals surface area contributed by atoms with Crippen molar-refractivity contribution in [3.63, 3.8) is 0 Å². The monoisotopic (exact) mass is 276 g/mol. The average molecular weight is 276 g/mol. The molecule has 0 N–H and O–H groups in total. The van der Waals surface area contributed by atoms with E-state index in [1.165, 1.54) is 0 Å². The minimum atomic E-state index is -0.313. The second kappa shape index (κ2) is 8.51. The zero-order valence-corrected chi connectivity index (χ0v) is 12.6. The maximum absolute atomic E-state index is 12.4. The van der Waals surface area contributed by atoms with E-state index in [9.17, 15) is 9.59 Å². The van der Waals surface area contributed by atoms with Gasteiger partial charge in [-0.05, 0) is 12.3 Å². The third kappa shape index (κ3) is 5.16. The van der Waals surface area contributed by atoms with Crippen molar-refractivity contribution >= 4 is 11.8 Å². The van der Waals surface area contributed by atoms with Crippen LogP contribution in [0.4, 0.5) is 0 Å². The summed E-state index contributed by atoms with van der Waals surface area (Å²) in [6.45, 7) is 6.42. The molecule has 0 amide bonds. The zero-order valence-electron chi connectivity index (χ0n) is 12.6. The van der Waals surface area contributed by atoms with Crippen molar-refractivity contribution in [2.75, 3.05) is 6.61 Å². The Bertz CT molecular complexity index is 423. The number of unbranched alkanes of at least 4 members (excludes halogenated alkanes) is 1. The fourth-order valence-corrected chi connectivity index (χ4v) is 2.02. The molecular formula is C17H24O3. The molecule has 1 unspecified atom stereocenters. The number of carbonyl (C=O) groups excluding carboxylic acids is 2. The fourth-order valence-electron chi connectivity index (χ4n) is 2.02. The van der Waals surface area contributed by atoms with Gasteiger partial charge in [0.05, 0.1) is 13.0 Å². The normalized spacial score (nSPS) is 12.2. The van der Waals surface area contributed by atoms with Crippen molar-refractivity contribution in [1.82, 2.24) is 0 Å². The zero-order chi connectivity index (χ0) is 15.0. The standard InChI is InChI=1S/C17H24O3/c1-4-5-11-20-16(18)12-15(13(2)3)17(19)14-9-7-6-8-10-14/h6-10,13,15H,4-5,11-12H2,1-3H3. The summed E-state index contributed by atoms with van der Waals surface area (Å²) < 4.78 is 5.16. The quantitative estimate of drug-likeness (QED) is 0.411. The molecule has 3 heteroatoms. The molecule has 0 aliphatic rings. The second-order valence-corrected chi connectivity index (χ2v) is 5.36. The number of rotatable bonds is 8. The number of esters is 1. The van der Waals surface area contributed by atoms with Gasteiger partial charge in [-0.15, -0.1) is 0 Å². The van der Waals surface area contributed by atoms with E-state index < -0.39 is 0 Å². The van der Waals surface area contributed by atoms with Crippen LogP contribution in [-0.4, -0.2) is 18.4 Å². The second-order valence-electron chi connectivity index (χ2n) is 5.36. The van der Waals surface area contributed by atoms with Gasteiger partial charge in [-0.3, -0.25) is 9.59 Å². The molecule has 0 aliphatic heterocycles. The Hall–Kier alpha value is -1.64. The van der Waals surface area contributed by atoms with Crippen LogP contribution >= 0.6 is 0 Å². The van der Waals surface area contributed by atoms with Crippen LogP contribution in [0, 0.1) is 11.8 Å². The van der Waals surface area contributed by atoms with Crippen LogP contribution in [-0.2, 0) is 9.53 Å². The van der Waals surface area contributed by atoms with Crippen LogP contribution in [0.2, 0.25) is 0 Å². The third-order valence-electron chi connectivity index (χ3n) is 3.35. The molecule has 1 aromatic carbocycles. The molecule has 0 bridgehead atoms. The Morgan fingerprint density at radius 2 is 1.80 bits per heavy atom. The molecular weight excluding hydrogens is 252 g/mol. The topological polar surface area (TPSA) is 43.4 Å². The highest BCUT2D eigenvalue weighted by atomic mass is 16.5. The van der Waals surface area contributed by atoms with Crippen molar-refractivity contribution in [3.8, 4) is 0 Å². The highest BCUT2D eigenvalue weighted by molar-refractivity contribution is 5.99. The number of ketones is 1. The fraction of sp³-hybridized carbons (Fsp3) is 0.529. The first kappa shape index (κ1) is 16.4. The third-order valence-corrected chi connectivity index (χ3v) is 3.35. The first-order valence-electron chi connectivity index (χ1n) is 7.31. The van der Waals surface area contributed by atoms with Gasteiger partial charge in [0, 0.05) is 11.5 Å². The number of hydrogen-bond acceptors (Lipinski definition) is 3. The molecule has 0 aliphatic carbocycles. The first-order valence-corrected chi connectivity index (χ1v) is 7.31. The molecule has 0 saturated carbocycles. The molecule has 0 heterocycles. The van der Waals surface area contributed by atoms with Gasteiger partial charge in [0.15, 0.2) is 5.78 Å². The Labute approximate surface area is 121 Å². The van der Waals surface area contributed by atoms with Crippen molar-refractivity contribution in [1.29, 1.82) is 0 Å². The van der Waals surface area contributed by atoms with Crippen LogP contribution in [0.15, 0.2) is 30.3 Å². The molecule has 0 radical (unpaired) electrons. The van der Waals surface area contributed by atoms with Crippen LogP contribution < -0.4 is 0 Å². The van der Waals surface area contributed by atoms with E-state index in [4.69, 9.17) is 4.74 Å². The van der Waals surface area contributed by atoms with Crippen molar-refractivity contribution in [3.05, 3.63) is 35.9 Å². The minimum Gasteiger partial charge on any atom is -0.466 e. The molecule has 3 nitrogen and oxygen atoms in total. The smallest absolute Gasteiger partial charge is 0.306 e. The lowest BCUT2D eigenvalue weighted by Gasteiger charge is -2.19. The van der Waals surface area contributed by atoms with Crippen molar-refractivity contribution in [2.45, 2.75) is 40.0 Å². The molecule has 1 aromatic rings. The summed E-state index contributed by atoms with van der Waals surface area (Å²) in [5.41, 5.74) is 0.660. The predicted molar refractivity (Wildman–Crippen MR) is 79.6 cm³/mol. The van der Waals surface area contributed by atoms with E-state index in [0.717, 1.165) is 12.8 Å². The van der Waals surface area contributed by atoms with Crippen LogP contribution in [0.5, 0.6) is 0 Å². The number of Topliss-reactive ketones (excluding diaryl/α,β-unsaturated/α-hetero) is 1. The number of benzene rings is 1. The van der Waals surface area contributed by atoms with E-state index in [2.05, 4.69) is 0 Å². The predicted octanol–water partition coefficient (Wildman–Crippen LogP) is 3.87. The van der Waals surface area contributed by atoms with Gasteiger partial charge in [-0.2, -0.15) is 0 Å². The van der Waals surface area contributed by atoms with Crippen LogP contribution in [0.1, 0.15) is 50.4 Å². The van der Waals surface area contributed by atoms with E-state index in [0.29, 0.717) is 12.2 Å². The SMILES string of the molecule is CCCCOC(=O)CC(C(=O)c1ccccc1)C(C)C. The first-order chi connectivity index (χ1) is 9.56. The molecule has 1 atom stereocenters. The summed E-state index contributed by atoms with van der Waals surface area (Å²) in [5.74, 6) is -0.456. The van der Waals surface area contributed by atoms with Gasteiger partial charge >= 0.3 is 5.97 Å². The molecule has 0 fully saturated rings. The summed E-state index contributed by atoms with van der Waals surface area (Å²) in [4.78, 5) is 24.2. The van der Waals surface area contributed by atoms with Gasteiger partial charge in [0.2, 0.25) is 0 Å². The molecule has 1 rings (SSSR count). The van der Waals surface area contributed by atoms with E-state index in [1.54, 1.807) is 12.1 Å². The van der Waals surface area contributed by atoms with Crippen molar-refractivity contribution < 1.29 is 14.3 Å². The molecule has 20 heavy (non-hydrogen) atoms. The summed E-state index contributed by atoms with van der Waals surface area (Å²) >= 11 is 0. The van der Waals surface area contributed by atoms with E-state index >= 15 is 0 Å². The Morgan fingerprint density at radius 3 is 2.35 bits per heavy atom. The maximum Gasteiger partial charge on any atom is 0.306 e. The molecule has 0 aromatic heterocycles. The van der Waals surface area contributed by atoms with E-state index in [1.807, 2.05) is 39.0 Å². The summed E-state index contributed by atoms with van der Waals surface area (Å²) in [6, 6.07) is 9.13. The largest absolute Gasteiger partial charge is 0.466 e. The lowest BCUT2D eigenvalue weighted by molar-refractivity contribution is -0.144. The van der Waals surface area contributed by atoms with Gasteiger partial charge in [0.25, 0.3) is 0 Å². The van der Waals surface area contributed by atoms with Crippen molar-refractivity contribution in [2.24, 2.45) is 11.8 Å². The van der Waals surface area contributed by atoms with Gasteiger partial charge in [-0.1, -0.05) is 57.5 Å². The lowest BCUT2D eigenvalue weighted by atomic mass is 9.85. The Kier molecular flexibility index (Phi) is 6.99. The highest BCUT2D eigenvalue weighted by Crippen LogP contribution is 2.21. The Balaban J connectivity index is 2.65. The van der Waals surface area contributed by atoms with Crippen LogP contribution in [0.3, 0.4) is 0 Å². The summed E-state index contributed by atoms with van der Waals surface area (Å²) in [6.07, 6.45) is 2.02. The summed E-state index contributed by atoms with van der Waals surface area (Å²) in [5, 5.41) is 0. The van der Waals surface area contributed by atoms with Gasteiger partial charge in [0.1, 0.15) is 0 Å². The summed E-state index contributed by atoms with van der Waals surface area (Å²) in [7, 11) is 0. The molecule has 110 valence electrons. The number of carbonyl (C=O) groups is 2. The highest BCUT2D eigenvalue weighted by Gasteiger charge is 2.26. The number of ether oxygens (including phenoxy) is 1. The van der Waals surface area contributed by atoms with Crippen LogP contribution in [0.25, 0.3) is 0 Å². The molecule has 0 saturated heterocycles. The lowest BCUT2D eigenvalue weighted by Crippen LogP contribution is -2.24. The van der Waals surface area contributed by atoms with Gasteiger partial charge in [-0.25, -0.2) is 0 Å².